The van der Waals surface area contributed by atoms with Crippen LogP contribution in [0.5, 0.6) is 11.8 Å². The minimum absolute atomic E-state index is 0.0639. The molecule has 0 bridgehead atoms. The molecule has 7 heteroatoms. The summed E-state index contributed by atoms with van der Waals surface area (Å²) < 4.78 is 15.7. The number of ether oxygens (including phenoxy) is 3. The molecule has 7 nitrogen and oxygen atoms in total. The molecule has 0 saturated heterocycles. The number of nitrogen functional groups attached to an aromatic ring is 2. The van der Waals surface area contributed by atoms with Gasteiger partial charge in [0.25, 0.3) is 0 Å². The van der Waals surface area contributed by atoms with Gasteiger partial charge in [-0.1, -0.05) is 0 Å². The normalized spacial score (nSPS) is 10.2. The summed E-state index contributed by atoms with van der Waals surface area (Å²) in [4.78, 5) is 7.77. The van der Waals surface area contributed by atoms with Gasteiger partial charge in [0, 0.05) is 6.61 Å². The van der Waals surface area contributed by atoms with Crippen LogP contribution in [0, 0.1) is 0 Å². The molecule has 0 amide bonds. The zero-order valence-corrected chi connectivity index (χ0v) is 10.1. The van der Waals surface area contributed by atoms with Crippen LogP contribution in [0.15, 0.2) is 0 Å². The van der Waals surface area contributed by atoms with E-state index in [1.807, 2.05) is 13.8 Å². The Bertz CT molecular complexity index is 360. The van der Waals surface area contributed by atoms with Crippen molar-refractivity contribution in [2.24, 2.45) is 0 Å². The lowest BCUT2D eigenvalue weighted by Crippen LogP contribution is -2.11. The van der Waals surface area contributed by atoms with E-state index in [1.54, 1.807) is 0 Å². The number of aromatic nitrogens is 2. The molecule has 96 valence electrons. The maximum atomic E-state index is 5.78. The van der Waals surface area contributed by atoms with Crippen LogP contribution in [0.3, 0.4) is 0 Å². The van der Waals surface area contributed by atoms with E-state index < -0.39 is 0 Å². The first-order chi connectivity index (χ1) is 8.19. The van der Waals surface area contributed by atoms with Crippen molar-refractivity contribution in [2.75, 3.05) is 37.9 Å². The molecular formula is C10H18N4O3. The topological polar surface area (TPSA) is 106 Å². The zero-order valence-electron chi connectivity index (χ0n) is 10.1. The van der Waals surface area contributed by atoms with Crippen LogP contribution < -0.4 is 20.9 Å². The molecule has 4 N–H and O–H groups in total. The highest BCUT2D eigenvalue weighted by Crippen LogP contribution is 2.28. The number of hydrogen-bond donors (Lipinski definition) is 2. The van der Waals surface area contributed by atoms with Crippen molar-refractivity contribution < 1.29 is 14.2 Å². The highest BCUT2D eigenvalue weighted by molar-refractivity contribution is 5.58. The van der Waals surface area contributed by atoms with Crippen LogP contribution >= 0.6 is 0 Å². The van der Waals surface area contributed by atoms with Crippen LogP contribution in [0.1, 0.15) is 13.8 Å². The zero-order chi connectivity index (χ0) is 12.7. The summed E-state index contributed by atoms with van der Waals surface area (Å²) >= 11 is 0. The molecule has 0 aliphatic carbocycles. The third-order valence-electron chi connectivity index (χ3n) is 1.84. The Morgan fingerprint density at radius 1 is 0.941 bits per heavy atom. The predicted molar refractivity (Wildman–Crippen MR) is 64.0 cm³/mol. The van der Waals surface area contributed by atoms with Crippen LogP contribution in [0.2, 0.25) is 0 Å². The minimum atomic E-state index is 0.0639. The van der Waals surface area contributed by atoms with Crippen molar-refractivity contribution >= 4 is 11.6 Å². The summed E-state index contributed by atoms with van der Waals surface area (Å²) in [6.45, 7) is 5.62. The Morgan fingerprint density at radius 3 is 2.18 bits per heavy atom. The van der Waals surface area contributed by atoms with Gasteiger partial charge in [-0.2, -0.15) is 9.97 Å². The number of nitrogens with zero attached hydrogens (tertiary/aromatic N) is 2. The maximum absolute atomic E-state index is 5.78. The lowest BCUT2D eigenvalue weighted by molar-refractivity contribution is 0.108. The Labute approximate surface area is 100 Å². The fourth-order valence-electron chi connectivity index (χ4n) is 1.14. The van der Waals surface area contributed by atoms with Crippen molar-refractivity contribution in [1.82, 2.24) is 9.97 Å². The second kappa shape index (κ2) is 6.74. The predicted octanol–water partition coefficient (Wildman–Crippen LogP) is 0.455. The van der Waals surface area contributed by atoms with Gasteiger partial charge in [0.1, 0.15) is 6.61 Å². The number of anilines is 2. The molecule has 0 spiro atoms. The van der Waals surface area contributed by atoms with Gasteiger partial charge in [-0.05, 0) is 13.8 Å². The number of rotatable bonds is 7. The highest BCUT2D eigenvalue weighted by atomic mass is 16.5. The molecule has 0 aliphatic heterocycles. The largest absolute Gasteiger partial charge is 0.476 e. The number of hydrogen-bond acceptors (Lipinski definition) is 7. The molecule has 1 aromatic heterocycles. The summed E-state index contributed by atoms with van der Waals surface area (Å²) in [6, 6.07) is 0. The van der Waals surface area contributed by atoms with Crippen LogP contribution in [-0.2, 0) is 4.74 Å². The lowest BCUT2D eigenvalue weighted by Gasteiger charge is -2.11. The maximum Gasteiger partial charge on any atom is 0.246 e. The molecule has 1 rings (SSSR count). The van der Waals surface area contributed by atoms with Gasteiger partial charge in [-0.3, -0.25) is 0 Å². The summed E-state index contributed by atoms with van der Waals surface area (Å²) in [7, 11) is 0. The molecule has 0 atom stereocenters. The van der Waals surface area contributed by atoms with Crippen LogP contribution in [0.4, 0.5) is 11.6 Å². The summed E-state index contributed by atoms with van der Waals surface area (Å²) in [5.74, 6) is 0.529. The molecule has 0 fully saturated rings. The van der Waals surface area contributed by atoms with Crippen molar-refractivity contribution in [3.05, 3.63) is 0 Å². The molecule has 0 unspecified atom stereocenters. The van der Waals surface area contributed by atoms with Gasteiger partial charge in [-0.15, -0.1) is 0 Å². The molecule has 1 heterocycles. The average molecular weight is 242 g/mol. The average Bonchev–Trinajstić information content (AvgIpc) is 2.30. The van der Waals surface area contributed by atoms with E-state index in [-0.39, 0.29) is 23.4 Å². The molecule has 1 aromatic rings. The molecule has 0 radical (unpaired) electrons. The fourth-order valence-corrected chi connectivity index (χ4v) is 1.14. The third-order valence-corrected chi connectivity index (χ3v) is 1.84. The van der Waals surface area contributed by atoms with Gasteiger partial charge in [-0.25, -0.2) is 0 Å². The first-order valence-corrected chi connectivity index (χ1v) is 5.45. The Balaban J connectivity index is 2.69. The second-order valence-electron chi connectivity index (χ2n) is 3.08. The smallest absolute Gasteiger partial charge is 0.246 e. The Hall–Kier alpha value is -1.76. The summed E-state index contributed by atoms with van der Waals surface area (Å²) in [5, 5.41) is 0. The second-order valence-corrected chi connectivity index (χ2v) is 3.08. The van der Waals surface area contributed by atoms with E-state index >= 15 is 0 Å². The van der Waals surface area contributed by atoms with Crippen LogP contribution in [-0.4, -0.2) is 36.4 Å². The quantitative estimate of drug-likeness (QED) is 0.669. The van der Waals surface area contributed by atoms with Crippen LogP contribution in [0.25, 0.3) is 0 Å². The van der Waals surface area contributed by atoms with E-state index in [1.165, 1.54) is 0 Å². The van der Waals surface area contributed by atoms with Crippen molar-refractivity contribution in [1.29, 1.82) is 0 Å². The van der Waals surface area contributed by atoms with E-state index in [0.717, 1.165) is 0 Å². The van der Waals surface area contributed by atoms with Crippen molar-refractivity contribution in [3.8, 4) is 11.8 Å². The van der Waals surface area contributed by atoms with E-state index in [0.29, 0.717) is 26.4 Å². The van der Waals surface area contributed by atoms with E-state index in [9.17, 15) is 0 Å². The van der Waals surface area contributed by atoms with E-state index in [4.69, 9.17) is 25.7 Å². The minimum Gasteiger partial charge on any atom is -0.476 e. The summed E-state index contributed by atoms with van der Waals surface area (Å²) in [5.41, 5.74) is 11.5. The molecule has 0 saturated carbocycles. The fraction of sp³-hybridized carbons (Fsp3) is 0.600. The van der Waals surface area contributed by atoms with Gasteiger partial charge >= 0.3 is 0 Å². The van der Waals surface area contributed by atoms with E-state index in [2.05, 4.69) is 9.97 Å². The van der Waals surface area contributed by atoms with Gasteiger partial charge < -0.3 is 25.7 Å². The SMILES string of the molecule is CCOCCOc1nc(N)nc(OCC)c1N. The van der Waals surface area contributed by atoms with Crippen molar-refractivity contribution in [3.63, 3.8) is 0 Å². The van der Waals surface area contributed by atoms with Gasteiger partial charge in [0.05, 0.1) is 13.2 Å². The monoisotopic (exact) mass is 242 g/mol. The Morgan fingerprint density at radius 2 is 1.59 bits per heavy atom. The molecular weight excluding hydrogens is 224 g/mol. The lowest BCUT2D eigenvalue weighted by atomic mass is 10.5. The third kappa shape index (κ3) is 3.95. The molecule has 0 aromatic carbocycles. The first-order valence-electron chi connectivity index (χ1n) is 5.45. The summed E-state index contributed by atoms with van der Waals surface area (Å²) in [6.07, 6.45) is 0. The first kappa shape index (κ1) is 13.3. The highest BCUT2D eigenvalue weighted by Gasteiger charge is 2.12. The van der Waals surface area contributed by atoms with Gasteiger partial charge in [0.15, 0.2) is 5.69 Å². The molecule has 0 aliphatic rings. The van der Waals surface area contributed by atoms with Crippen molar-refractivity contribution in [2.45, 2.75) is 13.8 Å². The Kier molecular flexibility index (Phi) is 5.28. The molecule has 17 heavy (non-hydrogen) atoms. The standard InChI is InChI=1S/C10H18N4O3/c1-3-15-5-6-17-9-7(11)8(16-4-2)13-10(12)14-9/h3-6,11H2,1-2H3,(H2,12,13,14). The van der Waals surface area contributed by atoms with Gasteiger partial charge in [0.2, 0.25) is 17.7 Å². The number of nitrogens with two attached hydrogens (primary N) is 2.